The van der Waals surface area contributed by atoms with Crippen LogP contribution in [0.5, 0.6) is 0 Å². The molecular formula is C13H19NOSi. The maximum Gasteiger partial charge on any atom is 0.186 e. The number of benzene rings is 1. The third kappa shape index (κ3) is 3.48. The monoisotopic (exact) mass is 233 g/mol. The lowest BCUT2D eigenvalue weighted by Crippen LogP contribution is -2.27. The van der Waals surface area contributed by atoms with Gasteiger partial charge in [-0.2, -0.15) is 5.26 Å². The van der Waals surface area contributed by atoms with Crippen molar-refractivity contribution in [1.82, 2.24) is 0 Å². The van der Waals surface area contributed by atoms with Gasteiger partial charge >= 0.3 is 0 Å². The van der Waals surface area contributed by atoms with E-state index in [2.05, 4.69) is 38.7 Å². The highest BCUT2D eigenvalue weighted by atomic mass is 28.4. The first-order chi connectivity index (χ1) is 7.48. The van der Waals surface area contributed by atoms with Crippen LogP contribution >= 0.6 is 0 Å². The van der Waals surface area contributed by atoms with Crippen LogP contribution in [-0.2, 0) is 10.8 Å². The molecule has 1 aromatic carbocycles. The number of aryl methyl sites for hydroxylation is 1. The van der Waals surface area contributed by atoms with E-state index >= 15 is 0 Å². The molecule has 0 radical (unpaired) electrons. The van der Waals surface area contributed by atoms with Crippen LogP contribution < -0.4 is 0 Å². The molecule has 0 aliphatic heterocycles. The Kier molecular flexibility index (Phi) is 4.28. The molecule has 86 valence electrons. The minimum Gasteiger partial charge on any atom is -0.399 e. The Balaban J connectivity index is 3.01. The van der Waals surface area contributed by atoms with Crippen LogP contribution in [0.1, 0.15) is 24.2 Å². The molecule has 0 N–H and O–H groups in total. The summed E-state index contributed by atoms with van der Waals surface area (Å²) in [5.41, 5.74) is 2.22. The van der Waals surface area contributed by atoms with Crippen LogP contribution in [0.3, 0.4) is 0 Å². The van der Waals surface area contributed by atoms with Crippen molar-refractivity contribution < 1.29 is 4.43 Å². The van der Waals surface area contributed by atoms with Crippen molar-refractivity contribution in [3.05, 3.63) is 35.4 Å². The van der Waals surface area contributed by atoms with E-state index in [-0.39, 0.29) is 0 Å². The van der Waals surface area contributed by atoms with Crippen molar-refractivity contribution >= 4 is 8.32 Å². The number of nitrogens with zero attached hydrogens (tertiary/aromatic N) is 1. The molecule has 0 aromatic heterocycles. The Hall–Kier alpha value is -1.11. The van der Waals surface area contributed by atoms with Gasteiger partial charge in [0.25, 0.3) is 0 Å². The quantitative estimate of drug-likeness (QED) is 0.743. The minimum atomic E-state index is -1.68. The average molecular weight is 233 g/mol. The second kappa shape index (κ2) is 5.29. The highest BCUT2D eigenvalue weighted by molar-refractivity contribution is 6.69. The van der Waals surface area contributed by atoms with Gasteiger partial charge in [-0.3, -0.25) is 0 Å². The van der Waals surface area contributed by atoms with Gasteiger partial charge in [-0.15, -0.1) is 0 Å². The number of hydrogen-bond donors (Lipinski definition) is 0. The summed E-state index contributed by atoms with van der Waals surface area (Å²) in [7, 11) is -1.68. The summed E-state index contributed by atoms with van der Waals surface area (Å²) in [6.07, 6.45) is 0.520. The molecular weight excluding hydrogens is 214 g/mol. The van der Waals surface area contributed by atoms with Gasteiger partial charge in [0.15, 0.2) is 14.4 Å². The predicted octanol–water partition coefficient (Wildman–Crippen LogP) is 3.67. The molecule has 1 aromatic rings. The first-order valence-electron chi connectivity index (χ1n) is 5.63. The van der Waals surface area contributed by atoms with Gasteiger partial charge < -0.3 is 4.43 Å². The Morgan fingerprint density at radius 2 is 1.94 bits per heavy atom. The van der Waals surface area contributed by atoms with Crippen molar-refractivity contribution in [1.29, 1.82) is 5.26 Å². The lowest BCUT2D eigenvalue weighted by Gasteiger charge is -2.23. The molecule has 0 saturated heterocycles. The number of nitriles is 1. The third-order valence-electron chi connectivity index (χ3n) is 2.31. The van der Waals surface area contributed by atoms with Crippen LogP contribution in [0, 0.1) is 11.3 Å². The van der Waals surface area contributed by atoms with E-state index in [1.807, 2.05) is 18.2 Å². The van der Waals surface area contributed by atoms with Crippen molar-refractivity contribution in [3.8, 4) is 6.07 Å². The fraction of sp³-hybridized carbons (Fsp3) is 0.462. The normalized spacial score (nSPS) is 13.2. The molecule has 0 bridgehead atoms. The van der Waals surface area contributed by atoms with Gasteiger partial charge in [0, 0.05) is 0 Å². The summed E-state index contributed by atoms with van der Waals surface area (Å²) in [5, 5.41) is 9.21. The SMILES string of the molecule is CCc1ccccc1C(C#N)O[Si](C)(C)C. The molecule has 0 spiro atoms. The summed E-state index contributed by atoms with van der Waals surface area (Å²) < 4.78 is 5.89. The Morgan fingerprint density at radius 1 is 1.31 bits per heavy atom. The number of rotatable bonds is 4. The van der Waals surface area contributed by atoms with Gasteiger partial charge in [0.05, 0.1) is 6.07 Å². The van der Waals surface area contributed by atoms with Crippen molar-refractivity contribution in [2.24, 2.45) is 0 Å². The van der Waals surface area contributed by atoms with E-state index in [9.17, 15) is 5.26 Å². The summed E-state index contributed by atoms with van der Waals surface area (Å²) in [4.78, 5) is 0. The summed E-state index contributed by atoms with van der Waals surface area (Å²) in [6, 6.07) is 10.3. The fourth-order valence-electron chi connectivity index (χ4n) is 1.62. The van der Waals surface area contributed by atoms with E-state index in [1.54, 1.807) is 0 Å². The highest BCUT2D eigenvalue weighted by Crippen LogP contribution is 2.24. The van der Waals surface area contributed by atoms with E-state index in [0.29, 0.717) is 0 Å². The van der Waals surface area contributed by atoms with Crippen LogP contribution in [0.4, 0.5) is 0 Å². The zero-order chi connectivity index (χ0) is 12.2. The van der Waals surface area contributed by atoms with Gasteiger partial charge in [-0.25, -0.2) is 0 Å². The molecule has 0 fully saturated rings. The standard InChI is InChI=1S/C13H19NOSi/c1-5-11-8-6-7-9-12(11)13(10-14)15-16(2,3)4/h6-9,13H,5H2,1-4H3. The molecule has 16 heavy (non-hydrogen) atoms. The molecule has 3 heteroatoms. The van der Waals surface area contributed by atoms with Crippen LogP contribution in [0.25, 0.3) is 0 Å². The Morgan fingerprint density at radius 3 is 2.44 bits per heavy atom. The molecule has 0 amide bonds. The maximum absolute atomic E-state index is 9.21. The van der Waals surface area contributed by atoms with E-state index in [0.717, 1.165) is 12.0 Å². The molecule has 0 saturated carbocycles. The first kappa shape index (κ1) is 13.0. The van der Waals surface area contributed by atoms with Crippen LogP contribution in [0.15, 0.2) is 24.3 Å². The molecule has 1 atom stereocenters. The molecule has 0 aliphatic carbocycles. The molecule has 0 heterocycles. The first-order valence-corrected chi connectivity index (χ1v) is 9.04. The highest BCUT2D eigenvalue weighted by Gasteiger charge is 2.23. The van der Waals surface area contributed by atoms with Gasteiger partial charge in [-0.1, -0.05) is 31.2 Å². The molecule has 0 aliphatic rings. The topological polar surface area (TPSA) is 33.0 Å². The van der Waals surface area contributed by atoms with Crippen molar-refractivity contribution in [2.45, 2.75) is 39.1 Å². The van der Waals surface area contributed by atoms with Crippen LogP contribution in [0.2, 0.25) is 19.6 Å². The Labute approximate surface area is 99.0 Å². The van der Waals surface area contributed by atoms with Gasteiger partial charge in [0.1, 0.15) is 0 Å². The summed E-state index contributed by atoms with van der Waals surface area (Å²) >= 11 is 0. The summed E-state index contributed by atoms with van der Waals surface area (Å²) in [6.45, 7) is 8.41. The lowest BCUT2D eigenvalue weighted by atomic mass is 10.0. The zero-order valence-corrected chi connectivity index (χ0v) is 11.4. The second-order valence-corrected chi connectivity index (χ2v) is 9.25. The minimum absolute atomic E-state index is 0.414. The van der Waals surface area contributed by atoms with E-state index in [4.69, 9.17) is 4.43 Å². The maximum atomic E-state index is 9.21. The largest absolute Gasteiger partial charge is 0.399 e. The Bertz CT molecular complexity index is 390. The molecule has 1 unspecified atom stereocenters. The summed E-state index contributed by atoms with van der Waals surface area (Å²) in [5.74, 6) is 0. The number of hydrogen-bond acceptors (Lipinski definition) is 2. The molecule has 1 rings (SSSR count). The van der Waals surface area contributed by atoms with E-state index < -0.39 is 14.4 Å². The lowest BCUT2D eigenvalue weighted by molar-refractivity contribution is 0.254. The van der Waals surface area contributed by atoms with E-state index in [1.165, 1.54) is 5.56 Å². The van der Waals surface area contributed by atoms with Crippen LogP contribution in [-0.4, -0.2) is 8.32 Å². The fourth-order valence-corrected chi connectivity index (χ4v) is 2.51. The predicted molar refractivity (Wildman–Crippen MR) is 68.6 cm³/mol. The molecule has 2 nitrogen and oxygen atoms in total. The van der Waals surface area contributed by atoms with Crippen molar-refractivity contribution in [3.63, 3.8) is 0 Å². The zero-order valence-electron chi connectivity index (χ0n) is 10.4. The third-order valence-corrected chi connectivity index (χ3v) is 3.25. The smallest absolute Gasteiger partial charge is 0.186 e. The van der Waals surface area contributed by atoms with Crippen molar-refractivity contribution in [2.75, 3.05) is 0 Å². The second-order valence-electron chi connectivity index (χ2n) is 4.79. The average Bonchev–Trinajstić information content (AvgIpc) is 2.24. The van der Waals surface area contributed by atoms with Gasteiger partial charge in [-0.05, 0) is 37.2 Å². The van der Waals surface area contributed by atoms with Gasteiger partial charge in [0.2, 0.25) is 0 Å².